The summed E-state index contributed by atoms with van der Waals surface area (Å²) in [5.74, 6) is 0.326. The number of allylic oxidation sites excluding steroid dienone is 1. The van der Waals surface area contributed by atoms with Crippen molar-refractivity contribution in [2.24, 2.45) is 0 Å². The monoisotopic (exact) mass is 460 g/mol. The van der Waals surface area contributed by atoms with Crippen molar-refractivity contribution >= 4 is 43.0 Å². The van der Waals surface area contributed by atoms with E-state index in [0.29, 0.717) is 5.92 Å². The molecule has 0 N–H and O–H groups in total. The highest BCUT2D eigenvalue weighted by Gasteiger charge is 2.27. The number of rotatable bonds is 2. The van der Waals surface area contributed by atoms with Gasteiger partial charge in [0.25, 0.3) is 0 Å². The van der Waals surface area contributed by atoms with E-state index in [1.807, 2.05) is 0 Å². The van der Waals surface area contributed by atoms with Crippen molar-refractivity contribution in [3.8, 4) is 0 Å². The van der Waals surface area contributed by atoms with Crippen molar-refractivity contribution in [3.05, 3.63) is 136 Å². The molecule has 0 heterocycles. The summed E-state index contributed by atoms with van der Waals surface area (Å²) in [6.45, 7) is 0. The van der Waals surface area contributed by atoms with Crippen LogP contribution in [0, 0.1) is 0 Å². The van der Waals surface area contributed by atoms with E-state index >= 15 is 0 Å². The van der Waals surface area contributed by atoms with E-state index in [0.717, 1.165) is 6.42 Å². The van der Waals surface area contributed by atoms with Crippen LogP contribution in [0.4, 0.5) is 0 Å². The summed E-state index contributed by atoms with van der Waals surface area (Å²) in [6, 6.07) is 37.3. The fraction of sp³-hybridized carbons (Fsp3) is 0.0667. The molecule has 0 bridgehead atoms. The van der Waals surface area contributed by atoms with Gasteiger partial charge in [-0.3, -0.25) is 0 Å². The van der Waals surface area contributed by atoms with E-state index in [4.69, 9.17) is 0 Å². The van der Waals surface area contributed by atoms with Gasteiger partial charge in [0.05, 0.1) is 0 Å². The Morgan fingerprint density at radius 3 is 1.81 bits per heavy atom. The Balaban J connectivity index is 1.65. The topological polar surface area (TPSA) is 0 Å². The zero-order valence-corrected chi connectivity index (χ0v) is 18.6. The lowest BCUT2D eigenvalue weighted by Crippen LogP contribution is -2.10. The second-order valence-electron chi connectivity index (χ2n) is 8.18. The molecule has 0 spiro atoms. The van der Waals surface area contributed by atoms with Crippen LogP contribution in [0.3, 0.4) is 0 Å². The summed E-state index contributed by atoms with van der Waals surface area (Å²) < 4.78 is 1.19. The summed E-state index contributed by atoms with van der Waals surface area (Å²) in [4.78, 5) is 0. The smallest absolute Gasteiger partial charge is 0.0332 e. The minimum atomic E-state index is 0.326. The van der Waals surface area contributed by atoms with E-state index in [-0.39, 0.29) is 0 Å². The average Bonchev–Trinajstić information content (AvgIpc) is 2.85. The van der Waals surface area contributed by atoms with Crippen LogP contribution < -0.4 is 0 Å². The maximum atomic E-state index is 3.90. The predicted molar refractivity (Wildman–Crippen MR) is 136 cm³/mol. The number of hydrogen-bond acceptors (Lipinski definition) is 0. The molecule has 6 rings (SSSR count). The van der Waals surface area contributed by atoms with Crippen LogP contribution in [-0.4, -0.2) is 0 Å². The van der Waals surface area contributed by atoms with Crippen molar-refractivity contribution in [3.63, 3.8) is 0 Å². The largest absolute Gasteiger partial charge is 0.0751 e. The Morgan fingerprint density at radius 1 is 0.581 bits per heavy atom. The Hall–Kier alpha value is -3.16. The summed E-state index contributed by atoms with van der Waals surface area (Å²) in [7, 11) is 0. The summed E-state index contributed by atoms with van der Waals surface area (Å²) in [5, 5.41) is 5.24. The molecule has 0 amide bonds. The normalized spacial score (nSPS) is 15.6. The molecule has 0 radical (unpaired) electrons. The van der Waals surface area contributed by atoms with E-state index in [2.05, 4.69) is 125 Å². The molecule has 0 fully saturated rings. The van der Waals surface area contributed by atoms with Gasteiger partial charge in [0.2, 0.25) is 0 Å². The maximum absolute atomic E-state index is 3.90. The Morgan fingerprint density at radius 2 is 1.13 bits per heavy atom. The van der Waals surface area contributed by atoms with Crippen molar-refractivity contribution in [1.29, 1.82) is 0 Å². The molecule has 1 unspecified atom stereocenters. The lowest BCUT2D eigenvalue weighted by Gasteiger charge is -2.29. The summed E-state index contributed by atoms with van der Waals surface area (Å²) in [5.41, 5.74) is 6.84. The maximum Gasteiger partial charge on any atom is 0.0332 e. The lowest BCUT2D eigenvalue weighted by atomic mass is 9.75. The lowest BCUT2D eigenvalue weighted by molar-refractivity contribution is 0.829. The van der Waals surface area contributed by atoms with Gasteiger partial charge in [-0.25, -0.2) is 0 Å². The average molecular weight is 461 g/mol. The second kappa shape index (κ2) is 7.51. The van der Waals surface area contributed by atoms with Crippen molar-refractivity contribution in [1.82, 2.24) is 0 Å². The van der Waals surface area contributed by atoms with Crippen LogP contribution in [0.15, 0.2) is 114 Å². The molecular formula is C30H21Br. The summed E-state index contributed by atoms with van der Waals surface area (Å²) in [6.07, 6.45) is 3.44. The predicted octanol–water partition coefficient (Wildman–Crippen LogP) is 8.72. The fourth-order valence-electron chi connectivity index (χ4n) is 5.17. The van der Waals surface area contributed by atoms with Crippen LogP contribution in [0.5, 0.6) is 0 Å². The van der Waals surface area contributed by atoms with Crippen LogP contribution in [0.2, 0.25) is 0 Å². The number of benzene rings is 5. The Labute approximate surface area is 191 Å². The van der Waals surface area contributed by atoms with Crippen molar-refractivity contribution in [2.75, 3.05) is 0 Å². The highest BCUT2D eigenvalue weighted by molar-refractivity contribution is 9.10. The van der Waals surface area contributed by atoms with Crippen LogP contribution in [-0.2, 0) is 0 Å². The van der Waals surface area contributed by atoms with Gasteiger partial charge in [-0.05, 0) is 71.7 Å². The Kier molecular flexibility index (Phi) is 4.51. The van der Waals surface area contributed by atoms with Gasteiger partial charge < -0.3 is 0 Å². The van der Waals surface area contributed by atoms with Gasteiger partial charge >= 0.3 is 0 Å². The SMILES string of the molecule is Brc1c2ccccc2c(C2CC=C(c3ccccc3)c3ccccc32)c2ccccc12. The molecule has 5 aromatic carbocycles. The van der Waals surface area contributed by atoms with Gasteiger partial charge in [0.15, 0.2) is 0 Å². The summed E-state index contributed by atoms with van der Waals surface area (Å²) >= 11 is 3.90. The second-order valence-corrected chi connectivity index (χ2v) is 8.97. The molecule has 1 aliphatic carbocycles. The Bertz CT molecular complexity index is 1400. The minimum Gasteiger partial charge on any atom is -0.0751 e. The van der Waals surface area contributed by atoms with Crippen molar-refractivity contribution < 1.29 is 0 Å². The quantitative estimate of drug-likeness (QED) is 0.231. The van der Waals surface area contributed by atoms with E-state index in [1.165, 1.54) is 53.8 Å². The van der Waals surface area contributed by atoms with Gasteiger partial charge in [0, 0.05) is 10.4 Å². The van der Waals surface area contributed by atoms with Crippen LogP contribution in [0.1, 0.15) is 34.6 Å². The zero-order chi connectivity index (χ0) is 20.8. The number of halogens is 1. The van der Waals surface area contributed by atoms with Gasteiger partial charge in [-0.1, -0.05) is 109 Å². The van der Waals surface area contributed by atoms with E-state index in [9.17, 15) is 0 Å². The first-order chi connectivity index (χ1) is 15.3. The number of hydrogen-bond donors (Lipinski definition) is 0. The van der Waals surface area contributed by atoms with Crippen LogP contribution in [0.25, 0.3) is 27.1 Å². The van der Waals surface area contributed by atoms with Gasteiger partial charge in [-0.15, -0.1) is 0 Å². The van der Waals surface area contributed by atoms with Crippen molar-refractivity contribution in [2.45, 2.75) is 12.3 Å². The fourth-order valence-corrected chi connectivity index (χ4v) is 5.86. The van der Waals surface area contributed by atoms with Gasteiger partial charge in [-0.2, -0.15) is 0 Å². The molecular weight excluding hydrogens is 440 g/mol. The molecule has 0 saturated heterocycles. The van der Waals surface area contributed by atoms with Crippen LogP contribution >= 0.6 is 15.9 Å². The molecule has 5 aromatic rings. The third-order valence-electron chi connectivity index (χ3n) is 6.52. The molecule has 1 heteroatoms. The number of fused-ring (bicyclic) bond motifs is 3. The molecule has 0 aromatic heterocycles. The molecule has 0 nitrogen and oxygen atoms in total. The first kappa shape index (κ1) is 18.6. The molecule has 0 aliphatic heterocycles. The van der Waals surface area contributed by atoms with Gasteiger partial charge in [0.1, 0.15) is 0 Å². The zero-order valence-electron chi connectivity index (χ0n) is 17.1. The first-order valence-electron chi connectivity index (χ1n) is 10.8. The first-order valence-corrected chi connectivity index (χ1v) is 11.6. The molecule has 148 valence electrons. The third-order valence-corrected chi connectivity index (χ3v) is 7.38. The highest BCUT2D eigenvalue weighted by Crippen LogP contribution is 2.47. The molecule has 0 saturated carbocycles. The van der Waals surface area contributed by atoms with E-state index < -0.39 is 0 Å². The third kappa shape index (κ3) is 2.96. The standard InChI is InChI=1S/C30H21Br/c31-30-27-16-8-6-14-24(27)29(25-15-7-9-17-28(25)30)26-19-18-21(20-10-2-1-3-11-20)22-12-4-5-13-23(22)26/h1-18,26H,19H2. The highest BCUT2D eigenvalue weighted by atomic mass is 79.9. The molecule has 1 aliphatic rings. The minimum absolute atomic E-state index is 0.326. The molecule has 1 atom stereocenters. The van der Waals surface area contributed by atoms with E-state index in [1.54, 1.807) is 0 Å². The molecule has 31 heavy (non-hydrogen) atoms.